The van der Waals surface area contributed by atoms with Gasteiger partial charge in [0.15, 0.2) is 0 Å². The summed E-state index contributed by atoms with van der Waals surface area (Å²) in [6.07, 6.45) is 3.96. The molecule has 0 radical (unpaired) electrons. The minimum absolute atomic E-state index is 0.0185. The van der Waals surface area contributed by atoms with Gasteiger partial charge in [-0.25, -0.2) is 13.1 Å². The van der Waals surface area contributed by atoms with Crippen LogP contribution in [0.2, 0.25) is 0 Å². The molecule has 1 aliphatic heterocycles. The maximum absolute atomic E-state index is 12.1. The van der Waals surface area contributed by atoms with Crippen molar-refractivity contribution in [1.82, 2.24) is 9.62 Å². The summed E-state index contributed by atoms with van der Waals surface area (Å²) in [5.74, 6) is 0.0946. The second-order valence-corrected chi connectivity index (χ2v) is 7.00. The van der Waals surface area contributed by atoms with Crippen molar-refractivity contribution in [3.8, 4) is 0 Å². The minimum Gasteiger partial charge on any atom is -0.338 e. The van der Waals surface area contributed by atoms with Crippen molar-refractivity contribution in [2.24, 2.45) is 5.92 Å². The SMILES string of the molecule is CC(CCl)C(=O)N1CCCCC1CNS(C)(=O)=O. The van der Waals surface area contributed by atoms with E-state index in [0.717, 1.165) is 25.5 Å². The van der Waals surface area contributed by atoms with Gasteiger partial charge in [0.05, 0.1) is 6.26 Å². The molecule has 5 nitrogen and oxygen atoms in total. The molecule has 2 atom stereocenters. The summed E-state index contributed by atoms with van der Waals surface area (Å²) in [7, 11) is -3.21. The van der Waals surface area contributed by atoms with E-state index < -0.39 is 10.0 Å². The van der Waals surface area contributed by atoms with Crippen molar-refractivity contribution in [1.29, 1.82) is 0 Å². The standard InChI is InChI=1S/C11H21ClN2O3S/c1-9(7-12)11(15)14-6-4-3-5-10(14)8-13-18(2,16)17/h9-10,13H,3-8H2,1-2H3. The molecular weight excluding hydrogens is 276 g/mol. The smallest absolute Gasteiger partial charge is 0.226 e. The van der Waals surface area contributed by atoms with Crippen LogP contribution >= 0.6 is 11.6 Å². The topological polar surface area (TPSA) is 66.5 Å². The molecule has 7 heteroatoms. The van der Waals surface area contributed by atoms with Crippen molar-refractivity contribution in [3.63, 3.8) is 0 Å². The lowest BCUT2D eigenvalue weighted by Gasteiger charge is -2.37. The Balaban J connectivity index is 2.65. The van der Waals surface area contributed by atoms with Gasteiger partial charge < -0.3 is 4.90 Å². The van der Waals surface area contributed by atoms with Crippen LogP contribution in [-0.4, -0.2) is 50.5 Å². The average Bonchev–Trinajstić information content (AvgIpc) is 2.34. The fourth-order valence-electron chi connectivity index (χ4n) is 2.10. The van der Waals surface area contributed by atoms with Gasteiger partial charge in [0.25, 0.3) is 0 Å². The molecule has 1 fully saturated rings. The van der Waals surface area contributed by atoms with E-state index in [1.54, 1.807) is 11.8 Å². The molecule has 0 aromatic rings. The highest BCUT2D eigenvalue weighted by Gasteiger charge is 2.29. The Kier molecular flexibility index (Phi) is 5.88. The lowest BCUT2D eigenvalue weighted by molar-refractivity contribution is -0.137. The van der Waals surface area contributed by atoms with E-state index in [9.17, 15) is 13.2 Å². The predicted octanol–water partition coefficient (Wildman–Crippen LogP) is 0.792. The lowest BCUT2D eigenvalue weighted by Crippen LogP contribution is -2.51. The highest BCUT2D eigenvalue weighted by atomic mass is 35.5. The Morgan fingerprint density at radius 3 is 2.72 bits per heavy atom. The summed E-state index contributed by atoms with van der Waals surface area (Å²) in [6.45, 7) is 2.78. The van der Waals surface area contributed by atoms with Crippen LogP contribution in [0.25, 0.3) is 0 Å². The fourth-order valence-corrected chi connectivity index (χ4v) is 2.73. The number of nitrogens with zero attached hydrogens (tertiary/aromatic N) is 1. The van der Waals surface area contributed by atoms with Gasteiger partial charge in [0, 0.05) is 30.9 Å². The van der Waals surface area contributed by atoms with Crippen molar-refractivity contribution < 1.29 is 13.2 Å². The molecule has 1 N–H and O–H groups in total. The number of amides is 1. The first-order chi connectivity index (χ1) is 8.35. The summed E-state index contributed by atoms with van der Waals surface area (Å²) in [5.41, 5.74) is 0. The summed E-state index contributed by atoms with van der Waals surface area (Å²) in [6, 6.07) is -0.0494. The van der Waals surface area contributed by atoms with Gasteiger partial charge in [-0.1, -0.05) is 6.92 Å². The van der Waals surface area contributed by atoms with Crippen LogP contribution in [0.15, 0.2) is 0 Å². The number of alkyl halides is 1. The number of piperidine rings is 1. The molecule has 2 unspecified atom stereocenters. The van der Waals surface area contributed by atoms with E-state index >= 15 is 0 Å². The van der Waals surface area contributed by atoms with Crippen LogP contribution in [0.5, 0.6) is 0 Å². The summed E-state index contributed by atoms with van der Waals surface area (Å²) >= 11 is 5.70. The third-order valence-electron chi connectivity index (χ3n) is 3.14. The lowest BCUT2D eigenvalue weighted by atomic mass is 10.0. The highest BCUT2D eigenvalue weighted by Crippen LogP contribution is 2.19. The van der Waals surface area contributed by atoms with E-state index in [0.29, 0.717) is 19.0 Å². The Bertz CT molecular complexity index is 386. The van der Waals surface area contributed by atoms with Gasteiger partial charge >= 0.3 is 0 Å². The van der Waals surface area contributed by atoms with E-state index in [-0.39, 0.29) is 17.9 Å². The molecule has 1 saturated heterocycles. The van der Waals surface area contributed by atoms with Crippen LogP contribution in [0.1, 0.15) is 26.2 Å². The number of hydrogen-bond donors (Lipinski definition) is 1. The molecular formula is C11H21ClN2O3S. The third-order valence-corrected chi connectivity index (χ3v) is 4.30. The maximum Gasteiger partial charge on any atom is 0.226 e. The van der Waals surface area contributed by atoms with Crippen LogP contribution in [0.3, 0.4) is 0 Å². The van der Waals surface area contributed by atoms with E-state index in [2.05, 4.69) is 4.72 Å². The molecule has 0 bridgehead atoms. The first-order valence-electron chi connectivity index (χ1n) is 6.16. The van der Waals surface area contributed by atoms with Crippen molar-refractivity contribution in [2.75, 3.05) is 25.2 Å². The van der Waals surface area contributed by atoms with E-state index in [1.165, 1.54) is 0 Å². The van der Waals surface area contributed by atoms with E-state index in [4.69, 9.17) is 11.6 Å². The van der Waals surface area contributed by atoms with Crippen LogP contribution in [-0.2, 0) is 14.8 Å². The zero-order valence-electron chi connectivity index (χ0n) is 10.9. The molecule has 1 rings (SSSR count). The van der Waals surface area contributed by atoms with Gasteiger partial charge in [-0.05, 0) is 19.3 Å². The quantitative estimate of drug-likeness (QED) is 0.763. The molecule has 1 amide bonds. The fraction of sp³-hybridized carbons (Fsp3) is 0.909. The number of rotatable bonds is 5. The van der Waals surface area contributed by atoms with E-state index in [1.807, 2.05) is 0 Å². The number of halogens is 1. The number of hydrogen-bond acceptors (Lipinski definition) is 3. The Labute approximate surface area is 114 Å². The molecule has 0 aliphatic carbocycles. The Hall–Kier alpha value is -0.330. The zero-order chi connectivity index (χ0) is 13.8. The van der Waals surface area contributed by atoms with Crippen molar-refractivity contribution in [2.45, 2.75) is 32.2 Å². The summed E-state index contributed by atoms with van der Waals surface area (Å²) < 4.78 is 24.7. The predicted molar refractivity (Wildman–Crippen MR) is 72.1 cm³/mol. The van der Waals surface area contributed by atoms with Gasteiger partial charge in [0.1, 0.15) is 0 Å². The van der Waals surface area contributed by atoms with Crippen molar-refractivity contribution in [3.05, 3.63) is 0 Å². The largest absolute Gasteiger partial charge is 0.338 e. The number of likely N-dealkylation sites (tertiary alicyclic amines) is 1. The zero-order valence-corrected chi connectivity index (χ0v) is 12.4. The second-order valence-electron chi connectivity index (χ2n) is 4.86. The van der Waals surface area contributed by atoms with Crippen LogP contribution in [0, 0.1) is 5.92 Å². The molecule has 0 saturated carbocycles. The third kappa shape index (κ3) is 4.74. The normalized spacial score (nSPS) is 22.8. The molecule has 18 heavy (non-hydrogen) atoms. The highest BCUT2D eigenvalue weighted by molar-refractivity contribution is 7.88. The maximum atomic E-state index is 12.1. The number of carbonyl (C=O) groups excluding carboxylic acids is 1. The molecule has 0 aromatic heterocycles. The minimum atomic E-state index is -3.21. The van der Waals surface area contributed by atoms with Gasteiger partial charge in [0.2, 0.25) is 15.9 Å². The van der Waals surface area contributed by atoms with Gasteiger partial charge in [-0.2, -0.15) is 0 Å². The van der Waals surface area contributed by atoms with Crippen LogP contribution in [0.4, 0.5) is 0 Å². The Morgan fingerprint density at radius 2 is 2.17 bits per heavy atom. The second kappa shape index (κ2) is 6.73. The van der Waals surface area contributed by atoms with Crippen LogP contribution < -0.4 is 4.72 Å². The molecule has 0 spiro atoms. The number of sulfonamides is 1. The molecule has 1 heterocycles. The summed E-state index contributed by atoms with van der Waals surface area (Å²) in [5, 5.41) is 0. The number of nitrogens with one attached hydrogen (secondary N) is 1. The molecule has 0 aromatic carbocycles. The summed E-state index contributed by atoms with van der Waals surface area (Å²) in [4.78, 5) is 13.9. The Morgan fingerprint density at radius 1 is 1.50 bits per heavy atom. The van der Waals surface area contributed by atoms with Gasteiger partial charge in [-0.3, -0.25) is 4.79 Å². The molecule has 106 valence electrons. The van der Waals surface area contributed by atoms with Gasteiger partial charge in [-0.15, -0.1) is 11.6 Å². The monoisotopic (exact) mass is 296 g/mol. The molecule has 1 aliphatic rings. The average molecular weight is 297 g/mol. The van der Waals surface area contributed by atoms with Crippen molar-refractivity contribution >= 4 is 27.5 Å². The number of carbonyl (C=O) groups is 1. The first-order valence-corrected chi connectivity index (χ1v) is 8.59. The first kappa shape index (κ1) is 15.7.